The summed E-state index contributed by atoms with van der Waals surface area (Å²) in [6.07, 6.45) is 4.07. The topological polar surface area (TPSA) is 49.3 Å². The maximum atomic E-state index is 13.0. The van der Waals surface area contributed by atoms with Gasteiger partial charge in [0.25, 0.3) is 5.91 Å². The normalized spacial score (nSPS) is 17.4. The standard InChI is InChI=1S/C14H17BrFNO2/c15-12-7-10(16)3-4-11(12)13(19)17-8-14(9-18)5-1-2-6-14/h3-4,7,18H,1-2,5-6,8-9H2,(H,17,19). The molecule has 0 atom stereocenters. The van der Waals surface area contributed by atoms with E-state index >= 15 is 0 Å². The zero-order chi connectivity index (χ0) is 13.9. The summed E-state index contributed by atoms with van der Waals surface area (Å²) in [4.78, 5) is 12.0. The lowest BCUT2D eigenvalue weighted by Gasteiger charge is -2.26. The first-order valence-electron chi connectivity index (χ1n) is 6.40. The minimum absolute atomic E-state index is 0.0951. The summed E-state index contributed by atoms with van der Waals surface area (Å²) in [6, 6.07) is 3.98. The van der Waals surface area contributed by atoms with Gasteiger partial charge in [0.15, 0.2) is 0 Å². The van der Waals surface area contributed by atoms with Crippen LogP contribution in [0, 0.1) is 11.2 Å². The molecule has 5 heteroatoms. The second kappa shape index (κ2) is 6.01. The molecule has 0 bridgehead atoms. The number of hydrogen-bond acceptors (Lipinski definition) is 2. The highest BCUT2D eigenvalue weighted by Crippen LogP contribution is 2.37. The molecule has 1 aromatic rings. The zero-order valence-corrected chi connectivity index (χ0v) is 12.2. The molecule has 2 rings (SSSR count). The second-order valence-corrected chi connectivity index (χ2v) is 6.03. The van der Waals surface area contributed by atoms with Crippen molar-refractivity contribution < 1.29 is 14.3 Å². The van der Waals surface area contributed by atoms with Crippen molar-refractivity contribution in [3.8, 4) is 0 Å². The summed E-state index contributed by atoms with van der Waals surface area (Å²) >= 11 is 3.18. The number of carbonyl (C=O) groups excluding carboxylic acids is 1. The highest BCUT2D eigenvalue weighted by Gasteiger charge is 2.33. The Balaban J connectivity index is 2.01. The van der Waals surface area contributed by atoms with Crippen molar-refractivity contribution in [3.05, 3.63) is 34.1 Å². The lowest BCUT2D eigenvalue weighted by molar-refractivity contribution is 0.0880. The van der Waals surface area contributed by atoms with E-state index in [1.54, 1.807) is 0 Å². The van der Waals surface area contributed by atoms with Crippen LogP contribution in [0.5, 0.6) is 0 Å². The third-order valence-corrected chi connectivity index (χ3v) is 4.46. The molecule has 0 radical (unpaired) electrons. The van der Waals surface area contributed by atoms with Gasteiger partial charge in [0.05, 0.1) is 12.2 Å². The molecule has 0 heterocycles. The maximum absolute atomic E-state index is 13.0. The van der Waals surface area contributed by atoms with Gasteiger partial charge in [0.1, 0.15) is 5.82 Å². The Kier molecular flexibility index (Phi) is 4.58. The molecule has 1 aromatic carbocycles. The van der Waals surface area contributed by atoms with Crippen molar-refractivity contribution in [1.29, 1.82) is 0 Å². The van der Waals surface area contributed by atoms with Gasteiger partial charge in [-0.1, -0.05) is 12.8 Å². The van der Waals surface area contributed by atoms with E-state index in [1.165, 1.54) is 18.2 Å². The number of halogens is 2. The molecule has 0 aromatic heterocycles. The van der Waals surface area contributed by atoms with E-state index in [9.17, 15) is 14.3 Å². The van der Waals surface area contributed by atoms with E-state index < -0.39 is 0 Å². The van der Waals surface area contributed by atoms with Gasteiger partial charge in [0, 0.05) is 16.4 Å². The number of carbonyl (C=O) groups is 1. The molecule has 104 valence electrons. The van der Waals surface area contributed by atoms with Crippen LogP contribution in [0.1, 0.15) is 36.0 Å². The number of amides is 1. The molecule has 19 heavy (non-hydrogen) atoms. The Morgan fingerprint density at radius 2 is 2.11 bits per heavy atom. The summed E-state index contributed by atoms with van der Waals surface area (Å²) in [7, 11) is 0. The predicted molar refractivity (Wildman–Crippen MR) is 74.4 cm³/mol. The molecule has 0 saturated heterocycles. The van der Waals surface area contributed by atoms with E-state index in [0.29, 0.717) is 16.6 Å². The van der Waals surface area contributed by atoms with Gasteiger partial charge in [0.2, 0.25) is 0 Å². The van der Waals surface area contributed by atoms with Crippen molar-refractivity contribution in [2.45, 2.75) is 25.7 Å². The minimum atomic E-state index is -0.383. The first-order chi connectivity index (χ1) is 9.06. The Morgan fingerprint density at radius 1 is 1.42 bits per heavy atom. The second-order valence-electron chi connectivity index (χ2n) is 5.17. The van der Waals surface area contributed by atoms with Crippen LogP contribution in [0.3, 0.4) is 0 Å². The average Bonchev–Trinajstić information content (AvgIpc) is 2.85. The molecule has 0 spiro atoms. The van der Waals surface area contributed by atoms with Crippen LogP contribution in [0.2, 0.25) is 0 Å². The summed E-state index contributed by atoms with van der Waals surface area (Å²) in [6.45, 7) is 0.560. The number of benzene rings is 1. The Hall–Kier alpha value is -0.940. The Bertz CT molecular complexity index is 473. The molecule has 1 amide bonds. The van der Waals surface area contributed by atoms with E-state index in [4.69, 9.17) is 0 Å². The number of aliphatic hydroxyl groups excluding tert-OH is 1. The molecule has 0 aliphatic heterocycles. The van der Waals surface area contributed by atoms with Gasteiger partial charge < -0.3 is 10.4 Å². The highest BCUT2D eigenvalue weighted by molar-refractivity contribution is 9.10. The quantitative estimate of drug-likeness (QED) is 0.892. The third kappa shape index (κ3) is 3.34. The Labute approximate surface area is 120 Å². The lowest BCUT2D eigenvalue weighted by atomic mass is 9.87. The maximum Gasteiger partial charge on any atom is 0.252 e. The first-order valence-corrected chi connectivity index (χ1v) is 7.20. The molecule has 1 saturated carbocycles. The fourth-order valence-electron chi connectivity index (χ4n) is 2.55. The average molecular weight is 330 g/mol. The smallest absolute Gasteiger partial charge is 0.252 e. The van der Waals surface area contributed by atoms with Crippen molar-refractivity contribution in [2.24, 2.45) is 5.41 Å². The zero-order valence-electron chi connectivity index (χ0n) is 10.6. The van der Waals surface area contributed by atoms with Gasteiger partial charge in [-0.3, -0.25) is 4.79 Å². The van der Waals surface area contributed by atoms with Gasteiger partial charge in [-0.25, -0.2) is 4.39 Å². The first kappa shape index (κ1) is 14.5. The third-order valence-electron chi connectivity index (χ3n) is 3.80. The van der Waals surface area contributed by atoms with Crippen molar-refractivity contribution in [3.63, 3.8) is 0 Å². The summed E-state index contributed by atoms with van der Waals surface area (Å²) in [5.41, 5.74) is 0.231. The Morgan fingerprint density at radius 3 is 2.68 bits per heavy atom. The van der Waals surface area contributed by atoms with Gasteiger partial charge in [-0.05, 0) is 47.0 Å². The molecule has 3 nitrogen and oxygen atoms in total. The number of hydrogen-bond donors (Lipinski definition) is 2. The fraction of sp³-hybridized carbons (Fsp3) is 0.500. The SMILES string of the molecule is O=C(NCC1(CO)CCCC1)c1ccc(F)cc1Br. The van der Waals surface area contributed by atoms with Crippen molar-refractivity contribution in [1.82, 2.24) is 5.32 Å². The summed E-state index contributed by atoms with van der Waals surface area (Å²) in [5, 5.41) is 12.3. The highest BCUT2D eigenvalue weighted by atomic mass is 79.9. The van der Waals surface area contributed by atoms with Crippen molar-refractivity contribution >= 4 is 21.8 Å². The summed E-state index contributed by atoms with van der Waals surface area (Å²) in [5.74, 6) is -0.627. The molecule has 1 aliphatic rings. The fourth-order valence-corrected chi connectivity index (χ4v) is 3.08. The van der Waals surface area contributed by atoms with Gasteiger partial charge in [-0.2, -0.15) is 0 Å². The van der Waals surface area contributed by atoms with Crippen LogP contribution >= 0.6 is 15.9 Å². The number of nitrogens with one attached hydrogen (secondary N) is 1. The molecule has 1 aliphatic carbocycles. The summed E-state index contributed by atoms with van der Waals surface area (Å²) < 4.78 is 13.4. The largest absolute Gasteiger partial charge is 0.396 e. The van der Waals surface area contributed by atoms with Crippen LogP contribution in [-0.4, -0.2) is 24.2 Å². The molecule has 2 N–H and O–H groups in total. The van der Waals surface area contributed by atoms with E-state index in [-0.39, 0.29) is 23.7 Å². The van der Waals surface area contributed by atoms with E-state index in [0.717, 1.165) is 25.7 Å². The molecular weight excluding hydrogens is 313 g/mol. The van der Waals surface area contributed by atoms with E-state index in [1.807, 2.05) is 0 Å². The molecule has 0 unspecified atom stereocenters. The van der Waals surface area contributed by atoms with Crippen LogP contribution < -0.4 is 5.32 Å². The van der Waals surface area contributed by atoms with Crippen LogP contribution in [0.15, 0.2) is 22.7 Å². The van der Waals surface area contributed by atoms with Crippen molar-refractivity contribution in [2.75, 3.05) is 13.2 Å². The van der Waals surface area contributed by atoms with Crippen LogP contribution in [0.4, 0.5) is 4.39 Å². The minimum Gasteiger partial charge on any atom is -0.396 e. The predicted octanol–water partition coefficient (Wildman–Crippen LogP) is 2.87. The number of rotatable bonds is 4. The monoisotopic (exact) mass is 329 g/mol. The van der Waals surface area contributed by atoms with Crippen LogP contribution in [0.25, 0.3) is 0 Å². The van der Waals surface area contributed by atoms with Crippen LogP contribution in [-0.2, 0) is 0 Å². The van der Waals surface area contributed by atoms with E-state index in [2.05, 4.69) is 21.2 Å². The molecule has 1 fully saturated rings. The number of aliphatic hydroxyl groups is 1. The lowest BCUT2D eigenvalue weighted by Crippen LogP contribution is -2.38. The van der Waals surface area contributed by atoms with Gasteiger partial charge in [-0.15, -0.1) is 0 Å². The van der Waals surface area contributed by atoms with Gasteiger partial charge >= 0.3 is 0 Å². The molecular formula is C14H17BrFNO2.